The van der Waals surface area contributed by atoms with E-state index in [1.807, 2.05) is 30.3 Å². The summed E-state index contributed by atoms with van der Waals surface area (Å²) in [5.41, 5.74) is 10.8. The lowest BCUT2D eigenvalue weighted by molar-refractivity contribution is -0.548. The molecule has 0 spiro atoms. The number of hydrogen-bond donors (Lipinski definition) is 1. The van der Waals surface area contributed by atoms with E-state index in [2.05, 4.69) is 152 Å². The van der Waals surface area contributed by atoms with Gasteiger partial charge in [0.1, 0.15) is 37.9 Å². The molecule has 0 atom stereocenters. The number of morpholine rings is 1. The van der Waals surface area contributed by atoms with Crippen molar-refractivity contribution >= 4 is 48.7 Å². The molecule has 0 unspecified atom stereocenters. The monoisotopic (exact) mass is 926 g/mol. The lowest BCUT2D eigenvalue weighted by Crippen LogP contribution is -2.33. The van der Waals surface area contributed by atoms with Gasteiger partial charge in [0.25, 0.3) is 10.1 Å². The molecular formula is C58H60N3O6S+. The van der Waals surface area contributed by atoms with Gasteiger partial charge >= 0.3 is 0 Å². The number of allylic oxidation sites excluding steroid dienone is 8. The fraction of sp³-hybridized carbons (Fsp3) is 0.293. The quantitative estimate of drug-likeness (QED) is 0.101. The molecule has 68 heavy (non-hydrogen) atoms. The Morgan fingerprint density at radius 2 is 1.12 bits per heavy atom. The molecule has 2 fully saturated rings. The van der Waals surface area contributed by atoms with E-state index < -0.39 is 15.5 Å². The molecular weight excluding hydrogens is 867 g/mol. The zero-order chi connectivity index (χ0) is 47.2. The molecule has 9 nitrogen and oxygen atoms in total. The second-order valence-corrected chi connectivity index (χ2v) is 20.7. The van der Waals surface area contributed by atoms with E-state index in [9.17, 15) is 13.0 Å². The van der Waals surface area contributed by atoms with Gasteiger partial charge in [0.15, 0.2) is 13.1 Å². The normalized spacial score (nSPS) is 20.1. The molecule has 348 valence electrons. The Labute approximate surface area is 400 Å². The maximum Gasteiger partial charge on any atom is 0.294 e. The summed E-state index contributed by atoms with van der Waals surface area (Å²) in [6, 6.07) is 40.6. The van der Waals surface area contributed by atoms with Crippen molar-refractivity contribution in [3.8, 4) is 11.5 Å². The summed E-state index contributed by atoms with van der Waals surface area (Å²) in [6.07, 6.45) is 11.0. The highest BCUT2D eigenvalue weighted by Crippen LogP contribution is 2.50. The first-order valence-electron chi connectivity index (χ1n) is 23.8. The van der Waals surface area contributed by atoms with Crippen LogP contribution in [-0.4, -0.2) is 75.9 Å². The van der Waals surface area contributed by atoms with Crippen molar-refractivity contribution in [3.63, 3.8) is 0 Å². The van der Waals surface area contributed by atoms with Crippen LogP contribution in [-0.2, 0) is 25.7 Å². The van der Waals surface area contributed by atoms with E-state index >= 15 is 0 Å². The Morgan fingerprint density at radius 1 is 0.632 bits per heavy atom. The highest BCUT2D eigenvalue weighted by atomic mass is 32.2. The molecule has 10 rings (SSSR count). The molecule has 4 aliphatic rings. The molecule has 6 aromatic rings. The van der Waals surface area contributed by atoms with Gasteiger partial charge in [-0.05, 0) is 90.2 Å². The fourth-order valence-corrected chi connectivity index (χ4v) is 11.3. The summed E-state index contributed by atoms with van der Waals surface area (Å²) in [6.45, 7) is 16.2. The van der Waals surface area contributed by atoms with Crippen molar-refractivity contribution < 1.29 is 31.8 Å². The van der Waals surface area contributed by atoms with E-state index in [1.54, 1.807) is 6.07 Å². The van der Waals surface area contributed by atoms with Crippen LogP contribution in [0.1, 0.15) is 57.2 Å². The zero-order valence-electron chi connectivity index (χ0n) is 39.7. The highest BCUT2D eigenvalue weighted by molar-refractivity contribution is 7.85. The van der Waals surface area contributed by atoms with Crippen LogP contribution >= 0.6 is 0 Å². The van der Waals surface area contributed by atoms with Gasteiger partial charge in [-0.15, -0.1) is 0 Å². The van der Waals surface area contributed by atoms with Crippen LogP contribution in [0.3, 0.4) is 0 Å². The number of hydrogen-bond acceptors (Lipinski definition) is 7. The molecule has 3 aliphatic heterocycles. The third kappa shape index (κ3) is 8.54. The van der Waals surface area contributed by atoms with Crippen LogP contribution in [0.4, 0.5) is 11.4 Å². The predicted octanol–water partition coefficient (Wildman–Crippen LogP) is 11.5. The van der Waals surface area contributed by atoms with Gasteiger partial charge in [-0.25, -0.2) is 4.58 Å². The molecule has 10 heteroatoms. The first-order chi connectivity index (χ1) is 32.8. The summed E-state index contributed by atoms with van der Waals surface area (Å²) < 4.78 is 56.4. The third-order valence-electron chi connectivity index (χ3n) is 14.3. The predicted molar refractivity (Wildman–Crippen MR) is 274 cm³/mol. The molecule has 0 bridgehead atoms. The van der Waals surface area contributed by atoms with E-state index in [0.717, 1.165) is 70.5 Å². The van der Waals surface area contributed by atoms with Gasteiger partial charge < -0.3 is 24.0 Å². The second kappa shape index (κ2) is 18.2. The van der Waals surface area contributed by atoms with Crippen molar-refractivity contribution in [1.29, 1.82) is 0 Å². The molecule has 0 radical (unpaired) electrons. The molecule has 3 heterocycles. The summed E-state index contributed by atoms with van der Waals surface area (Å²) in [5.74, 6) is 1.71. The minimum atomic E-state index is -4.41. The number of benzene rings is 6. The van der Waals surface area contributed by atoms with Crippen molar-refractivity contribution in [3.05, 3.63) is 185 Å². The number of aryl methyl sites for hydroxylation is 1. The Hall–Kier alpha value is -6.46. The summed E-state index contributed by atoms with van der Waals surface area (Å²) in [4.78, 5) is 4.58. The van der Waals surface area contributed by atoms with Crippen LogP contribution in [0.2, 0.25) is 0 Å². The average Bonchev–Trinajstić information content (AvgIpc) is 3.91. The fourth-order valence-electron chi connectivity index (χ4n) is 10.8. The average molecular weight is 927 g/mol. The minimum absolute atomic E-state index is 0.113. The second-order valence-electron chi connectivity index (χ2n) is 19.3. The van der Waals surface area contributed by atoms with Gasteiger partial charge in [-0.2, -0.15) is 8.42 Å². The van der Waals surface area contributed by atoms with Crippen molar-refractivity contribution in [2.45, 2.75) is 63.2 Å². The van der Waals surface area contributed by atoms with Crippen molar-refractivity contribution in [2.24, 2.45) is 0 Å². The first-order valence-corrected chi connectivity index (χ1v) is 25.3. The number of nitrogens with zero attached hydrogens (tertiary/aromatic N) is 3. The lowest BCUT2D eigenvalue weighted by atomic mass is 9.83. The number of anilines is 2. The smallest absolute Gasteiger partial charge is 0.294 e. The molecule has 1 aliphatic carbocycles. The van der Waals surface area contributed by atoms with Crippen LogP contribution in [0.5, 0.6) is 11.5 Å². The third-order valence-corrected chi connectivity index (χ3v) is 15.2. The van der Waals surface area contributed by atoms with Gasteiger partial charge in [0.05, 0.1) is 18.0 Å². The number of ether oxygens (including phenoxy) is 3. The highest BCUT2D eigenvalue weighted by Gasteiger charge is 2.42. The standard InChI is InChI=1S/C58H59N3O6S/c1-40-20-26-50-48(38-40)57(2,3)54(60(50)32-36-66-52-18-10-14-41-12-6-8-16-46(41)52)28-23-43-21-22-44(56(43)59-30-34-65-35-31-59)24-29-55-58(4,5)49-39-45(68(62,63)64)25-27-51(49)61(55)33-37-67-53-19-11-15-42-13-7-9-17-47(42)53/h6-20,23-29,38-39H,21-22,30-37H2,1-5H3/p+1. The van der Waals surface area contributed by atoms with Gasteiger partial charge in [-0.3, -0.25) is 4.55 Å². The SMILES string of the molecule is Cc1ccc2c(c1)C(C)(C)C(=CC=C1CC/C(=C\C=C3\N(CCOc4cccc5ccccc45)c4ccc(S(=O)(=O)O)cc4C3(C)C)C1=[N+]1CCOCC1)N2CCOc1cccc2ccccc12. The van der Waals surface area contributed by atoms with Gasteiger partial charge in [0, 0.05) is 55.5 Å². The molecule has 1 N–H and O–H groups in total. The van der Waals surface area contributed by atoms with Crippen LogP contribution in [0.15, 0.2) is 173 Å². The summed E-state index contributed by atoms with van der Waals surface area (Å²) in [7, 11) is -4.41. The summed E-state index contributed by atoms with van der Waals surface area (Å²) in [5, 5.41) is 4.45. The molecule has 1 saturated heterocycles. The van der Waals surface area contributed by atoms with E-state index in [1.165, 1.54) is 50.8 Å². The molecule has 6 aromatic carbocycles. The van der Waals surface area contributed by atoms with Crippen molar-refractivity contribution in [2.75, 3.05) is 62.4 Å². The van der Waals surface area contributed by atoms with Gasteiger partial charge in [-0.1, -0.05) is 130 Å². The molecule has 0 amide bonds. The number of fused-ring (bicyclic) bond motifs is 4. The first kappa shape index (κ1) is 45.3. The maximum absolute atomic E-state index is 12.4. The van der Waals surface area contributed by atoms with Crippen LogP contribution < -0.4 is 19.3 Å². The van der Waals surface area contributed by atoms with Crippen LogP contribution in [0, 0.1) is 6.92 Å². The minimum Gasteiger partial charge on any atom is -0.491 e. The zero-order valence-corrected chi connectivity index (χ0v) is 40.5. The molecule has 0 aromatic heterocycles. The lowest BCUT2D eigenvalue weighted by Gasteiger charge is -2.27. The van der Waals surface area contributed by atoms with Crippen molar-refractivity contribution in [1.82, 2.24) is 0 Å². The Morgan fingerprint density at radius 3 is 1.65 bits per heavy atom. The van der Waals surface area contributed by atoms with Crippen LogP contribution in [0.25, 0.3) is 21.5 Å². The summed E-state index contributed by atoms with van der Waals surface area (Å²) >= 11 is 0. The molecule has 1 saturated carbocycles. The topological polar surface area (TPSA) is 91.6 Å². The van der Waals surface area contributed by atoms with E-state index in [0.29, 0.717) is 39.5 Å². The van der Waals surface area contributed by atoms with E-state index in [-0.39, 0.29) is 10.3 Å². The van der Waals surface area contributed by atoms with E-state index in [4.69, 9.17) is 14.2 Å². The Balaban J connectivity index is 0.988. The maximum atomic E-state index is 12.4. The van der Waals surface area contributed by atoms with Gasteiger partial charge in [0.2, 0.25) is 5.71 Å². The largest absolute Gasteiger partial charge is 0.491 e. The number of rotatable bonds is 11. The Kier molecular flexibility index (Phi) is 12.1. The Bertz CT molecular complexity index is 3210.